The molecule has 0 aromatic heterocycles. The Balaban J connectivity index is 2.47. The van der Waals surface area contributed by atoms with Crippen LogP contribution in [0.5, 0.6) is 0 Å². The van der Waals surface area contributed by atoms with Gasteiger partial charge >= 0.3 is 0 Å². The smallest absolute Gasteiger partial charge is 0.0178 e. The van der Waals surface area contributed by atoms with Crippen LogP contribution in [0.4, 0.5) is 0 Å². The third kappa shape index (κ3) is 3.56. The molecule has 1 rings (SSSR count). The molecule has 0 heterocycles. The molecule has 0 N–H and O–H groups in total. The normalized spacial score (nSPS) is 20.3. The second kappa shape index (κ2) is 5.35. The van der Waals surface area contributed by atoms with Gasteiger partial charge in [-0.15, -0.1) is 0 Å². The van der Waals surface area contributed by atoms with Crippen LogP contribution in [0.3, 0.4) is 0 Å². The predicted molar refractivity (Wildman–Crippen MR) is 59.0 cm³/mol. The lowest BCUT2D eigenvalue weighted by molar-refractivity contribution is 1.26. The maximum Gasteiger partial charge on any atom is 0.0178 e. The molecule has 58 valence electrons. The Morgan fingerprint density at radius 2 is 2.36 bits per heavy atom. The van der Waals surface area contributed by atoms with Crippen molar-refractivity contribution >= 4 is 22.6 Å². The van der Waals surface area contributed by atoms with Crippen molar-refractivity contribution in [3.05, 3.63) is 48.1 Å². The SMILES string of the molecule is IC/C=C\C=C1\C=CC=CC1. The zero-order valence-corrected chi connectivity index (χ0v) is 8.49. The Bertz CT molecular complexity index is 219. The first-order valence-corrected chi connectivity index (χ1v) is 5.21. The standard InChI is InChI=1S/C10H11I/c11-9-5-4-8-10-6-2-1-3-7-10/h1-6,8H,7,9H2/b5-4-,10-8-. The molecule has 0 aliphatic heterocycles. The molecule has 0 nitrogen and oxygen atoms in total. The fraction of sp³-hybridized carbons (Fsp3) is 0.200. The highest BCUT2D eigenvalue weighted by Crippen LogP contribution is 2.09. The van der Waals surface area contributed by atoms with E-state index in [1.807, 2.05) is 0 Å². The van der Waals surface area contributed by atoms with E-state index in [1.54, 1.807) is 0 Å². The molecular formula is C10H11I. The minimum atomic E-state index is 1.07. The maximum atomic E-state index is 2.33. The van der Waals surface area contributed by atoms with Crippen molar-refractivity contribution in [3.8, 4) is 0 Å². The van der Waals surface area contributed by atoms with E-state index < -0.39 is 0 Å². The van der Waals surface area contributed by atoms with E-state index in [0.717, 1.165) is 10.8 Å². The first-order valence-electron chi connectivity index (χ1n) is 3.68. The summed E-state index contributed by atoms with van der Waals surface area (Å²) < 4.78 is 1.08. The Morgan fingerprint density at radius 3 is 3.00 bits per heavy atom. The van der Waals surface area contributed by atoms with E-state index in [-0.39, 0.29) is 0 Å². The van der Waals surface area contributed by atoms with Crippen LogP contribution >= 0.6 is 22.6 Å². The van der Waals surface area contributed by atoms with Crippen LogP contribution in [0.1, 0.15) is 6.42 Å². The van der Waals surface area contributed by atoms with E-state index in [1.165, 1.54) is 5.57 Å². The third-order valence-corrected chi connectivity index (χ3v) is 1.96. The van der Waals surface area contributed by atoms with Gasteiger partial charge in [-0.05, 0) is 12.0 Å². The van der Waals surface area contributed by atoms with Gasteiger partial charge in [-0.1, -0.05) is 65.1 Å². The minimum Gasteiger partial charge on any atom is -0.0818 e. The zero-order valence-electron chi connectivity index (χ0n) is 6.33. The van der Waals surface area contributed by atoms with Crippen LogP contribution < -0.4 is 0 Å². The summed E-state index contributed by atoms with van der Waals surface area (Å²) in [5.41, 5.74) is 1.38. The second-order valence-electron chi connectivity index (χ2n) is 2.32. The lowest BCUT2D eigenvalue weighted by Crippen LogP contribution is -1.78. The summed E-state index contributed by atoms with van der Waals surface area (Å²) >= 11 is 2.33. The lowest BCUT2D eigenvalue weighted by atomic mass is 10.1. The largest absolute Gasteiger partial charge is 0.0818 e. The summed E-state index contributed by atoms with van der Waals surface area (Å²) in [6.07, 6.45) is 16.0. The van der Waals surface area contributed by atoms with Crippen LogP contribution in [0, 0.1) is 0 Å². The van der Waals surface area contributed by atoms with Crippen LogP contribution in [-0.2, 0) is 0 Å². The van der Waals surface area contributed by atoms with Crippen molar-refractivity contribution in [1.82, 2.24) is 0 Å². The lowest BCUT2D eigenvalue weighted by Gasteiger charge is -1.98. The predicted octanol–water partition coefficient (Wildman–Crippen LogP) is 3.42. The van der Waals surface area contributed by atoms with Crippen LogP contribution in [0.15, 0.2) is 48.1 Å². The second-order valence-corrected chi connectivity index (χ2v) is 3.20. The first kappa shape index (κ1) is 8.78. The molecule has 0 fully saturated rings. The molecule has 1 heteroatoms. The molecule has 0 spiro atoms. The molecule has 0 aromatic carbocycles. The summed E-state index contributed by atoms with van der Waals surface area (Å²) in [6, 6.07) is 0. The highest BCUT2D eigenvalue weighted by atomic mass is 127. The molecule has 0 saturated carbocycles. The van der Waals surface area contributed by atoms with Gasteiger partial charge in [-0.25, -0.2) is 0 Å². The molecule has 1 aliphatic carbocycles. The van der Waals surface area contributed by atoms with E-state index in [2.05, 4.69) is 65.1 Å². The van der Waals surface area contributed by atoms with Gasteiger partial charge in [0.05, 0.1) is 0 Å². The molecule has 11 heavy (non-hydrogen) atoms. The summed E-state index contributed by atoms with van der Waals surface area (Å²) in [6.45, 7) is 0. The summed E-state index contributed by atoms with van der Waals surface area (Å²) in [7, 11) is 0. The number of hydrogen-bond acceptors (Lipinski definition) is 0. The van der Waals surface area contributed by atoms with Gasteiger partial charge < -0.3 is 0 Å². The Morgan fingerprint density at radius 1 is 1.45 bits per heavy atom. The maximum absolute atomic E-state index is 2.33. The van der Waals surface area contributed by atoms with E-state index in [9.17, 15) is 0 Å². The highest BCUT2D eigenvalue weighted by molar-refractivity contribution is 14.1. The van der Waals surface area contributed by atoms with E-state index in [4.69, 9.17) is 0 Å². The summed E-state index contributed by atoms with van der Waals surface area (Å²) in [4.78, 5) is 0. The fourth-order valence-electron chi connectivity index (χ4n) is 0.897. The van der Waals surface area contributed by atoms with Crippen LogP contribution in [0.25, 0.3) is 0 Å². The molecular weight excluding hydrogens is 247 g/mol. The number of halogens is 1. The van der Waals surface area contributed by atoms with Crippen molar-refractivity contribution in [2.45, 2.75) is 6.42 Å². The zero-order chi connectivity index (χ0) is 7.94. The molecule has 0 aromatic rings. The topological polar surface area (TPSA) is 0 Å². The summed E-state index contributed by atoms with van der Waals surface area (Å²) in [5.74, 6) is 0. The number of hydrogen-bond donors (Lipinski definition) is 0. The molecule has 0 amide bonds. The monoisotopic (exact) mass is 258 g/mol. The van der Waals surface area contributed by atoms with E-state index >= 15 is 0 Å². The van der Waals surface area contributed by atoms with E-state index in [0.29, 0.717) is 0 Å². The van der Waals surface area contributed by atoms with Crippen molar-refractivity contribution in [2.24, 2.45) is 0 Å². The number of rotatable bonds is 2. The van der Waals surface area contributed by atoms with Crippen LogP contribution in [-0.4, -0.2) is 4.43 Å². The molecule has 0 atom stereocenters. The molecule has 0 unspecified atom stereocenters. The number of alkyl halides is 1. The van der Waals surface area contributed by atoms with Gasteiger partial charge in [-0.3, -0.25) is 0 Å². The minimum absolute atomic E-state index is 1.07. The van der Waals surface area contributed by atoms with Gasteiger partial charge in [0.15, 0.2) is 0 Å². The van der Waals surface area contributed by atoms with Crippen LogP contribution in [0.2, 0.25) is 0 Å². The highest BCUT2D eigenvalue weighted by Gasteiger charge is 1.89. The third-order valence-electron chi connectivity index (χ3n) is 1.45. The Hall–Kier alpha value is -0.310. The average molecular weight is 258 g/mol. The van der Waals surface area contributed by atoms with Crippen molar-refractivity contribution in [3.63, 3.8) is 0 Å². The van der Waals surface area contributed by atoms with Gasteiger partial charge in [0.2, 0.25) is 0 Å². The number of allylic oxidation sites excluding steroid dienone is 8. The van der Waals surface area contributed by atoms with Crippen molar-refractivity contribution in [1.29, 1.82) is 0 Å². The van der Waals surface area contributed by atoms with Gasteiger partial charge in [0.1, 0.15) is 0 Å². The van der Waals surface area contributed by atoms with Gasteiger partial charge in [0, 0.05) is 4.43 Å². The Labute approximate surface area is 81.5 Å². The molecule has 1 aliphatic rings. The molecule has 0 saturated heterocycles. The fourth-order valence-corrected chi connectivity index (χ4v) is 1.19. The van der Waals surface area contributed by atoms with Crippen molar-refractivity contribution in [2.75, 3.05) is 4.43 Å². The van der Waals surface area contributed by atoms with Crippen molar-refractivity contribution < 1.29 is 0 Å². The summed E-state index contributed by atoms with van der Waals surface area (Å²) in [5, 5.41) is 0. The first-order chi connectivity index (χ1) is 5.43. The van der Waals surface area contributed by atoms with Gasteiger partial charge in [-0.2, -0.15) is 0 Å². The quantitative estimate of drug-likeness (QED) is 0.526. The van der Waals surface area contributed by atoms with Gasteiger partial charge in [0.25, 0.3) is 0 Å². The average Bonchev–Trinajstić information content (AvgIpc) is 2.07. The molecule has 0 radical (unpaired) electrons. The molecule has 0 bridgehead atoms. The Kier molecular flexibility index (Phi) is 4.28.